The average molecular weight is 276 g/mol. The molecule has 1 aliphatic carbocycles. The van der Waals surface area contributed by atoms with Crippen LogP contribution in [0, 0.1) is 11.8 Å². The molecule has 2 heterocycles. The van der Waals surface area contributed by atoms with E-state index in [0.29, 0.717) is 6.54 Å². The lowest BCUT2D eigenvalue weighted by molar-refractivity contribution is -0.142. The number of H-pyrrole nitrogens is 1. The number of nitrogens with one attached hydrogen (secondary N) is 1. The highest BCUT2D eigenvalue weighted by Gasteiger charge is 2.49. The van der Waals surface area contributed by atoms with E-state index in [0.717, 1.165) is 19.3 Å². The number of hydrogen-bond acceptors (Lipinski definition) is 3. The van der Waals surface area contributed by atoms with E-state index in [1.165, 1.54) is 23.4 Å². The Kier molecular flexibility index (Phi) is 3.08. The van der Waals surface area contributed by atoms with E-state index in [1.54, 1.807) is 0 Å². The van der Waals surface area contributed by atoms with Crippen molar-refractivity contribution in [3.63, 3.8) is 0 Å². The molecule has 1 saturated heterocycles. The predicted octanol–water partition coefficient (Wildman–Crippen LogP) is 0.700. The molecular formula is C14H16N2O4. The summed E-state index contributed by atoms with van der Waals surface area (Å²) < 4.78 is 0. The summed E-state index contributed by atoms with van der Waals surface area (Å²) in [5.41, 5.74) is -0.367. The van der Waals surface area contributed by atoms with E-state index in [1.807, 2.05) is 0 Å². The lowest BCUT2D eigenvalue weighted by Gasteiger charge is -2.24. The van der Waals surface area contributed by atoms with Gasteiger partial charge in [-0.1, -0.05) is 6.42 Å². The molecule has 0 spiro atoms. The average Bonchev–Trinajstić information content (AvgIpc) is 2.97. The van der Waals surface area contributed by atoms with Gasteiger partial charge in [-0.15, -0.1) is 0 Å². The summed E-state index contributed by atoms with van der Waals surface area (Å²) in [5, 5.41) is 9.42. The number of amides is 1. The number of carbonyl (C=O) groups excluding carboxylic acids is 1. The van der Waals surface area contributed by atoms with Gasteiger partial charge in [0.25, 0.3) is 5.91 Å². The van der Waals surface area contributed by atoms with Gasteiger partial charge in [0, 0.05) is 25.0 Å². The van der Waals surface area contributed by atoms with Crippen LogP contribution < -0.4 is 5.43 Å². The fraction of sp³-hybridized carbons (Fsp3) is 0.500. The zero-order valence-corrected chi connectivity index (χ0v) is 10.9. The van der Waals surface area contributed by atoms with Crippen molar-refractivity contribution < 1.29 is 14.7 Å². The molecule has 2 aliphatic rings. The number of rotatable bonds is 2. The lowest BCUT2D eigenvalue weighted by Crippen LogP contribution is -2.44. The summed E-state index contributed by atoms with van der Waals surface area (Å²) >= 11 is 0. The number of nitrogens with zero attached hydrogens (tertiary/aromatic N) is 1. The van der Waals surface area contributed by atoms with Gasteiger partial charge in [-0.3, -0.25) is 9.59 Å². The van der Waals surface area contributed by atoms with Gasteiger partial charge in [-0.25, -0.2) is 4.79 Å². The number of aromatic nitrogens is 1. The highest BCUT2D eigenvalue weighted by Crippen LogP contribution is 2.42. The summed E-state index contributed by atoms with van der Waals surface area (Å²) in [6.07, 6.45) is 5.62. The zero-order chi connectivity index (χ0) is 14.3. The molecule has 6 heteroatoms. The van der Waals surface area contributed by atoms with Gasteiger partial charge in [0.05, 0.1) is 0 Å². The molecular weight excluding hydrogens is 260 g/mol. The first kappa shape index (κ1) is 12.9. The number of carboxylic acid groups (broad SMARTS) is 1. The summed E-state index contributed by atoms with van der Waals surface area (Å²) in [6.45, 7) is 0.439. The minimum Gasteiger partial charge on any atom is -0.480 e. The highest BCUT2D eigenvalue weighted by molar-refractivity contribution is 5.96. The van der Waals surface area contributed by atoms with Gasteiger partial charge in [-0.05, 0) is 24.7 Å². The largest absolute Gasteiger partial charge is 0.480 e. The highest BCUT2D eigenvalue weighted by atomic mass is 16.4. The molecule has 106 valence electrons. The van der Waals surface area contributed by atoms with E-state index >= 15 is 0 Å². The molecule has 3 atom stereocenters. The Bertz CT molecular complexity index is 609. The van der Waals surface area contributed by atoms with E-state index in [2.05, 4.69) is 4.98 Å². The molecule has 0 bridgehead atoms. The van der Waals surface area contributed by atoms with E-state index in [-0.39, 0.29) is 22.8 Å². The monoisotopic (exact) mass is 276 g/mol. The third-order valence-corrected chi connectivity index (χ3v) is 4.46. The number of carbonyl (C=O) groups is 2. The summed E-state index contributed by atoms with van der Waals surface area (Å²) in [4.78, 5) is 39.7. The maximum absolute atomic E-state index is 12.5. The smallest absolute Gasteiger partial charge is 0.326 e. The second kappa shape index (κ2) is 4.77. The van der Waals surface area contributed by atoms with Gasteiger partial charge in [0.15, 0.2) is 5.43 Å². The molecule has 0 aromatic carbocycles. The SMILES string of the molecule is O=C(O)C1C2CCCC2CN1C(=O)c1c[nH]ccc1=O. The molecule has 2 fully saturated rings. The van der Waals surface area contributed by atoms with Crippen molar-refractivity contribution >= 4 is 11.9 Å². The van der Waals surface area contributed by atoms with Gasteiger partial charge in [0.2, 0.25) is 0 Å². The van der Waals surface area contributed by atoms with Gasteiger partial charge < -0.3 is 15.0 Å². The molecule has 0 radical (unpaired) electrons. The summed E-state index contributed by atoms with van der Waals surface area (Å²) in [7, 11) is 0. The van der Waals surface area contributed by atoms with Gasteiger partial charge >= 0.3 is 5.97 Å². The molecule has 1 aromatic rings. The maximum atomic E-state index is 12.5. The van der Waals surface area contributed by atoms with Crippen LogP contribution in [0.5, 0.6) is 0 Å². The van der Waals surface area contributed by atoms with Crippen molar-refractivity contribution in [3.8, 4) is 0 Å². The Morgan fingerprint density at radius 2 is 2.15 bits per heavy atom. The number of aromatic amines is 1. The van der Waals surface area contributed by atoms with Crippen molar-refractivity contribution in [1.82, 2.24) is 9.88 Å². The first-order chi connectivity index (χ1) is 9.59. The van der Waals surface area contributed by atoms with Crippen LogP contribution in [0.2, 0.25) is 0 Å². The molecule has 1 aromatic heterocycles. The summed E-state index contributed by atoms with van der Waals surface area (Å²) in [5.74, 6) is -1.17. The summed E-state index contributed by atoms with van der Waals surface area (Å²) in [6, 6.07) is 0.481. The first-order valence-electron chi connectivity index (χ1n) is 6.80. The van der Waals surface area contributed by atoms with Crippen LogP contribution in [-0.4, -0.2) is 39.5 Å². The quantitative estimate of drug-likeness (QED) is 0.832. The van der Waals surface area contributed by atoms with Crippen molar-refractivity contribution in [1.29, 1.82) is 0 Å². The van der Waals surface area contributed by atoms with Crippen LogP contribution in [0.3, 0.4) is 0 Å². The Morgan fingerprint density at radius 3 is 2.85 bits per heavy atom. The zero-order valence-electron chi connectivity index (χ0n) is 10.9. The number of likely N-dealkylation sites (tertiary alicyclic amines) is 1. The van der Waals surface area contributed by atoms with Crippen LogP contribution in [0.15, 0.2) is 23.3 Å². The minimum absolute atomic E-state index is 0.0127. The van der Waals surface area contributed by atoms with E-state index < -0.39 is 17.9 Å². The number of hydrogen-bond donors (Lipinski definition) is 2. The van der Waals surface area contributed by atoms with Crippen molar-refractivity contribution in [3.05, 3.63) is 34.2 Å². The number of fused-ring (bicyclic) bond motifs is 1. The Labute approximate surface area is 115 Å². The van der Waals surface area contributed by atoms with Crippen LogP contribution in [0.25, 0.3) is 0 Å². The lowest BCUT2D eigenvalue weighted by atomic mass is 9.94. The van der Waals surface area contributed by atoms with Crippen LogP contribution in [-0.2, 0) is 4.79 Å². The molecule has 2 N–H and O–H groups in total. The molecule has 1 amide bonds. The molecule has 3 unspecified atom stereocenters. The number of pyridine rings is 1. The Hall–Kier alpha value is -2.11. The fourth-order valence-electron chi connectivity index (χ4n) is 3.57. The van der Waals surface area contributed by atoms with Gasteiger partial charge in [-0.2, -0.15) is 0 Å². The molecule has 1 saturated carbocycles. The van der Waals surface area contributed by atoms with Crippen molar-refractivity contribution in [2.45, 2.75) is 25.3 Å². The second-order valence-corrected chi connectivity index (χ2v) is 5.52. The number of aliphatic carboxylic acids is 1. The van der Waals surface area contributed by atoms with Crippen LogP contribution in [0.1, 0.15) is 29.6 Å². The Morgan fingerprint density at radius 1 is 1.35 bits per heavy atom. The van der Waals surface area contributed by atoms with Gasteiger partial charge in [0.1, 0.15) is 11.6 Å². The normalized spacial score (nSPS) is 28.4. The first-order valence-corrected chi connectivity index (χ1v) is 6.80. The van der Waals surface area contributed by atoms with Crippen LogP contribution >= 0.6 is 0 Å². The van der Waals surface area contributed by atoms with Crippen LogP contribution in [0.4, 0.5) is 0 Å². The third-order valence-electron chi connectivity index (χ3n) is 4.46. The predicted molar refractivity (Wildman–Crippen MR) is 70.4 cm³/mol. The van der Waals surface area contributed by atoms with E-state index in [4.69, 9.17) is 0 Å². The topological polar surface area (TPSA) is 90.5 Å². The molecule has 1 aliphatic heterocycles. The molecule has 3 rings (SSSR count). The van der Waals surface area contributed by atoms with Crippen molar-refractivity contribution in [2.75, 3.05) is 6.54 Å². The minimum atomic E-state index is -0.972. The standard InChI is InChI=1S/C14H16N2O4/c17-11-4-5-15-6-10(11)13(18)16-7-8-2-1-3-9(8)12(16)14(19)20/h4-6,8-9,12H,1-3,7H2,(H,15,17)(H,19,20). The Balaban J connectivity index is 1.93. The number of carboxylic acids is 1. The fourth-order valence-corrected chi connectivity index (χ4v) is 3.57. The third kappa shape index (κ3) is 1.92. The molecule has 6 nitrogen and oxygen atoms in total. The molecule has 20 heavy (non-hydrogen) atoms. The maximum Gasteiger partial charge on any atom is 0.326 e. The second-order valence-electron chi connectivity index (χ2n) is 5.52. The van der Waals surface area contributed by atoms with E-state index in [9.17, 15) is 19.5 Å². The van der Waals surface area contributed by atoms with Crippen molar-refractivity contribution in [2.24, 2.45) is 11.8 Å².